The quantitative estimate of drug-likeness (QED) is 0.144. The van der Waals surface area contributed by atoms with Crippen LogP contribution in [0, 0.1) is 41.5 Å². The van der Waals surface area contributed by atoms with Crippen LogP contribution in [0.25, 0.3) is 11.1 Å². The molecule has 5 aromatic carbocycles. The third kappa shape index (κ3) is 7.91. The first-order valence-electron chi connectivity index (χ1n) is 15.3. The molecule has 1 unspecified atom stereocenters. The molecule has 0 aliphatic rings. The number of aryl methyl sites for hydroxylation is 5. The summed E-state index contributed by atoms with van der Waals surface area (Å²) < 4.78 is 25.0. The van der Waals surface area contributed by atoms with E-state index in [0.717, 1.165) is 44.5 Å². The van der Waals surface area contributed by atoms with Crippen molar-refractivity contribution in [1.82, 2.24) is 0 Å². The van der Waals surface area contributed by atoms with Gasteiger partial charge in [0.2, 0.25) is 0 Å². The van der Waals surface area contributed by atoms with Crippen LogP contribution < -0.4 is 0 Å². The summed E-state index contributed by atoms with van der Waals surface area (Å²) in [6.07, 6.45) is 0. The average molecular weight is 675 g/mol. The highest BCUT2D eigenvalue weighted by molar-refractivity contribution is 7.80. The largest absolute Gasteiger partial charge is 0.501 e. The van der Waals surface area contributed by atoms with Crippen molar-refractivity contribution in [3.05, 3.63) is 165 Å². The van der Waals surface area contributed by atoms with Crippen LogP contribution in [0.1, 0.15) is 74.8 Å². The highest BCUT2D eigenvalue weighted by Crippen LogP contribution is 2.39. The molecule has 0 radical (unpaired) electrons. The van der Waals surface area contributed by atoms with Gasteiger partial charge in [0, 0.05) is 0 Å². The lowest BCUT2D eigenvalue weighted by Crippen LogP contribution is -2.09. The molecule has 0 N–H and O–H groups in total. The zero-order valence-corrected chi connectivity index (χ0v) is 29.5. The van der Waals surface area contributed by atoms with Gasteiger partial charge in [0.25, 0.3) is 0 Å². The Hall–Kier alpha value is -5.02. The predicted molar refractivity (Wildman–Crippen MR) is 192 cm³/mol. The second-order valence-corrected chi connectivity index (χ2v) is 14.4. The van der Waals surface area contributed by atoms with E-state index in [1.54, 1.807) is 60.7 Å². The monoisotopic (exact) mass is 674 g/mol. The maximum atomic E-state index is 13.3. The summed E-state index contributed by atoms with van der Waals surface area (Å²) in [6.45, 7) is 11.3. The van der Waals surface area contributed by atoms with E-state index >= 15 is 0 Å². The summed E-state index contributed by atoms with van der Waals surface area (Å²) in [6, 6.07) is 31.9. The van der Waals surface area contributed by atoms with Crippen molar-refractivity contribution in [3.63, 3.8) is 0 Å². The van der Waals surface area contributed by atoms with Gasteiger partial charge in [0.05, 0.1) is 22.3 Å². The third-order valence-electron chi connectivity index (χ3n) is 7.92. The minimum Gasteiger partial charge on any atom is -0.234 e. The highest BCUT2D eigenvalue weighted by Gasteiger charge is 2.43. The molecule has 0 saturated carbocycles. The van der Waals surface area contributed by atoms with Gasteiger partial charge >= 0.3 is 37.7 Å². The van der Waals surface area contributed by atoms with Gasteiger partial charge in [0.1, 0.15) is 0 Å². The molecule has 0 saturated heterocycles. The molecule has 0 spiro atoms. The Morgan fingerprint density at radius 3 is 1.27 bits per heavy atom. The van der Waals surface area contributed by atoms with Crippen LogP contribution in [0.4, 0.5) is 0 Å². The average Bonchev–Trinajstić information content (AvgIpc) is 3.07. The van der Waals surface area contributed by atoms with E-state index in [4.69, 9.17) is 0 Å². The van der Waals surface area contributed by atoms with Crippen molar-refractivity contribution in [2.24, 2.45) is 0 Å². The summed E-state index contributed by atoms with van der Waals surface area (Å²) in [5, 5.41) is 0. The highest BCUT2D eigenvalue weighted by atomic mass is 31.1. The maximum Gasteiger partial charge on any atom is 0.501 e. The van der Waals surface area contributed by atoms with E-state index in [1.165, 1.54) is 0 Å². The fourth-order valence-corrected chi connectivity index (χ4v) is 8.10. The number of hydrogen-bond acceptors (Lipinski definition) is 6. The molecule has 240 valence electrons. The molecule has 5 aromatic rings. The molecule has 0 aliphatic heterocycles. The van der Waals surface area contributed by atoms with Crippen molar-refractivity contribution < 1.29 is 28.3 Å². The first kappa shape index (κ1) is 35.8. The minimum atomic E-state index is -2.75. The van der Waals surface area contributed by atoms with Gasteiger partial charge in [0.15, 0.2) is 0 Å². The van der Waals surface area contributed by atoms with E-state index < -0.39 is 37.7 Å². The van der Waals surface area contributed by atoms with E-state index in [9.17, 15) is 28.3 Å². The van der Waals surface area contributed by atoms with Crippen molar-refractivity contribution in [2.45, 2.75) is 41.5 Å². The summed E-state index contributed by atoms with van der Waals surface area (Å²) in [7, 11) is -5.33. The second-order valence-electron chi connectivity index (χ2n) is 11.6. The number of rotatable bonds is 9. The summed E-state index contributed by atoms with van der Waals surface area (Å²) in [5.41, 5.74) is 5.93. The van der Waals surface area contributed by atoms with Crippen molar-refractivity contribution in [3.8, 4) is 11.1 Å². The fraction of sp³-hybridized carbons (Fsp3) is 0.150. The Morgan fingerprint density at radius 2 is 0.812 bits per heavy atom. The fourth-order valence-electron chi connectivity index (χ4n) is 5.86. The Balaban J connectivity index is 0.000000246. The van der Waals surface area contributed by atoms with Crippen LogP contribution >= 0.6 is 15.6 Å². The van der Waals surface area contributed by atoms with Gasteiger partial charge in [-0.25, -0.2) is 19.2 Å². The van der Waals surface area contributed by atoms with Crippen LogP contribution in [-0.2, 0) is 9.13 Å². The van der Waals surface area contributed by atoms with Gasteiger partial charge in [-0.05, 0) is 105 Å². The topological polar surface area (TPSA) is 102 Å². The van der Waals surface area contributed by atoms with E-state index in [1.807, 2.05) is 90.1 Å². The molecule has 1 atom stereocenters. The van der Waals surface area contributed by atoms with Crippen LogP contribution in [0.15, 0.2) is 109 Å². The minimum absolute atomic E-state index is 0.294. The van der Waals surface area contributed by atoms with Crippen LogP contribution in [-0.4, -0.2) is 22.1 Å². The molecule has 6 nitrogen and oxygen atoms in total. The molecule has 0 amide bonds. The smallest absolute Gasteiger partial charge is 0.234 e. The number of hydrogen-bond donors (Lipinski definition) is 0. The first-order chi connectivity index (χ1) is 22.8. The molecule has 0 aromatic heterocycles. The zero-order chi connectivity index (χ0) is 35.1. The Kier molecular flexibility index (Phi) is 11.7. The van der Waals surface area contributed by atoms with Gasteiger partial charge in [-0.15, -0.1) is 0 Å². The van der Waals surface area contributed by atoms with Crippen LogP contribution in [0.3, 0.4) is 0 Å². The number of benzene rings is 5. The zero-order valence-electron chi connectivity index (χ0n) is 27.7. The van der Waals surface area contributed by atoms with E-state index in [0.29, 0.717) is 22.3 Å². The second kappa shape index (κ2) is 15.7. The molecule has 0 bridgehead atoms. The van der Waals surface area contributed by atoms with Crippen molar-refractivity contribution in [2.75, 3.05) is 0 Å². The predicted octanol–water partition coefficient (Wildman–Crippen LogP) is 10.5. The molecule has 8 heteroatoms. The van der Waals surface area contributed by atoms with E-state index in [-0.39, 0.29) is 0 Å². The lowest BCUT2D eigenvalue weighted by atomic mass is 9.90. The number of carbonyl (C=O) groups excluding carboxylic acids is 4. The lowest BCUT2D eigenvalue weighted by molar-refractivity contribution is 0.103. The Bertz CT molecular complexity index is 1990. The summed E-state index contributed by atoms with van der Waals surface area (Å²) >= 11 is 0. The Labute approximate surface area is 282 Å². The SMILES string of the molecule is Cc1cc(C)c(C(=O)[P+](=O)C(=O)c2c(C)cc(C)c(-c3ccccc3)c2C)c(C)c1.O=C(c1ccccc1)[P+](=O)C(=O)c1ccccc1. The molecular formula is C40H36O6P2+2. The van der Waals surface area contributed by atoms with Crippen molar-refractivity contribution in [1.29, 1.82) is 0 Å². The molecule has 48 heavy (non-hydrogen) atoms. The first-order valence-corrected chi connectivity index (χ1v) is 17.8. The van der Waals surface area contributed by atoms with Gasteiger partial charge in [-0.2, -0.15) is 0 Å². The Morgan fingerprint density at radius 1 is 0.438 bits per heavy atom. The van der Waals surface area contributed by atoms with Crippen LogP contribution in [0.2, 0.25) is 0 Å². The molecular weight excluding hydrogens is 638 g/mol. The summed E-state index contributed by atoms with van der Waals surface area (Å²) in [5.74, 6) is 0. The van der Waals surface area contributed by atoms with Gasteiger partial charge in [-0.1, -0.05) is 99.6 Å². The molecule has 5 rings (SSSR count). The van der Waals surface area contributed by atoms with Crippen molar-refractivity contribution >= 4 is 37.7 Å². The standard InChI is InChI=1S/C26H26O3P.C14H10O3P/c1-15-12-16(2)22(17(3)13-15)25(27)30(29)26(28)24-19(5)14-18(4)23(20(24)6)21-10-8-7-9-11-21;15-13(11-7-3-1-4-8-11)18(17)14(16)12-9-5-2-6-10-12/h7-14H,1-6H3;1-10H/q2*+1. The molecule has 0 aliphatic carbocycles. The number of carbonyl (C=O) groups is 4. The maximum absolute atomic E-state index is 13.3. The van der Waals surface area contributed by atoms with E-state index in [2.05, 4.69) is 0 Å². The van der Waals surface area contributed by atoms with Gasteiger partial charge in [-0.3, -0.25) is 0 Å². The normalized spacial score (nSPS) is 10.8. The van der Waals surface area contributed by atoms with Crippen LogP contribution in [0.5, 0.6) is 0 Å². The molecule has 0 heterocycles. The van der Waals surface area contributed by atoms with Gasteiger partial charge < -0.3 is 0 Å². The summed E-state index contributed by atoms with van der Waals surface area (Å²) in [4.78, 5) is 50.0. The molecule has 0 fully saturated rings. The lowest BCUT2D eigenvalue weighted by Gasteiger charge is -2.14. The third-order valence-corrected chi connectivity index (χ3v) is 10.4.